The summed E-state index contributed by atoms with van der Waals surface area (Å²) >= 11 is 0. The quantitative estimate of drug-likeness (QED) is 0.826. The minimum Gasteiger partial charge on any atom is -0.481 e. The van der Waals surface area contributed by atoms with Gasteiger partial charge in [-0.2, -0.15) is 0 Å². The average Bonchev–Trinajstić information content (AvgIpc) is 2.45. The molecule has 3 rings (SSSR count). The van der Waals surface area contributed by atoms with E-state index in [1.54, 1.807) is 0 Å². The van der Waals surface area contributed by atoms with Gasteiger partial charge in [-0.1, -0.05) is 62.4 Å². The lowest BCUT2D eigenvalue weighted by Gasteiger charge is -2.51. The molecule has 0 N–H and O–H groups in total. The molecule has 1 aliphatic rings. The maximum Gasteiger partial charge on any atom is 0.164 e. The Balaban J connectivity index is 1.89. The van der Waals surface area contributed by atoms with E-state index < -0.39 is 0 Å². The molecule has 1 fully saturated rings. The first-order valence-corrected chi connectivity index (χ1v) is 7.13. The zero-order valence-corrected chi connectivity index (χ0v) is 12.0. The maximum atomic E-state index is 6.34. The number of ether oxygens (including phenoxy) is 2. The monoisotopic (exact) mass is 268 g/mol. The van der Waals surface area contributed by atoms with Gasteiger partial charge < -0.3 is 9.47 Å². The van der Waals surface area contributed by atoms with Crippen LogP contribution < -0.4 is 4.74 Å². The molecule has 20 heavy (non-hydrogen) atoms. The van der Waals surface area contributed by atoms with Crippen LogP contribution in [-0.4, -0.2) is 12.2 Å². The van der Waals surface area contributed by atoms with Crippen LogP contribution in [-0.2, 0) is 4.74 Å². The molecule has 0 radical (unpaired) electrons. The van der Waals surface area contributed by atoms with Crippen LogP contribution in [0.1, 0.15) is 25.5 Å². The summed E-state index contributed by atoms with van der Waals surface area (Å²) < 4.78 is 12.2. The molecule has 2 atom stereocenters. The van der Waals surface area contributed by atoms with Gasteiger partial charge in [0, 0.05) is 0 Å². The van der Waals surface area contributed by atoms with E-state index in [0.717, 1.165) is 5.75 Å². The van der Waals surface area contributed by atoms with Crippen molar-refractivity contribution in [3.05, 3.63) is 66.2 Å². The highest BCUT2D eigenvalue weighted by Crippen LogP contribution is 2.46. The van der Waals surface area contributed by atoms with Gasteiger partial charge in [0.05, 0.1) is 6.61 Å². The third-order valence-electron chi connectivity index (χ3n) is 4.05. The fraction of sp³-hybridized carbons (Fsp3) is 0.333. The second kappa shape index (κ2) is 5.29. The van der Waals surface area contributed by atoms with Crippen LogP contribution in [0.3, 0.4) is 0 Å². The van der Waals surface area contributed by atoms with Gasteiger partial charge in [-0.05, 0) is 23.6 Å². The highest BCUT2D eigenvalue weighted by molar-refractivity contribution is 5.28. The molecule has 0 spiro atoms. The Hall–Kier alpha value is -1.80. The predicted octanol–water partition coefficient (Wildman–Crippen LogP) is 4.23. The Labute approximate surface area is 120 Å². The molecule has 0 aliphatic carbocycles. The third-order valence-corrected chi connectivity index (χ3v) is 4.05. The van der Waals surface area contributed by atoms with Crippen molar-refractivity contribution < 1.29 is 9.47 Å². The molecule has 2 aromatic carbocycles. The van der Waals surface area contributed by atoms with Crippen molar-refractivity contribution >= 4 is 0 Å². The van der Waals surface area contributed by atoms with E-state index in [4.69, 9.17) is 9.47 Å². The second-order valence-corrected chi connectivity index (χ2v) is 5.63. The summed E-state index contributed by atoms with van der Waals surface area (Å²) in [5, 5.41) is 0. The summed E-state index contributed by atoms with van der Waals surface area (Å²) in [5.41, 5.74) is 0.909. The average molecular weight is 268 g/mol. The lowest BCUT2D eigenvalue weighted by atomic mass is 9.78. The molecule has 0 saturated carbocycles. The zero-order chi connectivity index (χ0) is 14.0. The smallest absolute Gasteiger partial charge is 0.164 e. The van der Waals surface area contributed by atoms with Crippen LogP contribution >= 0.6 is 0 Å². The van der Waals surface area contributed by atoms with Gasteiger partial charge in [-0.3, -0.25) is 0 Å². The molecular weight excluding hydrogens is 248 g/mol. The number of hydrogen-bond donors (Lipinski definition) is 0. The van der Waals surface area contributed by atoms with Crippen LogP contribution in [0.4, 0.5) is 0 Å². The van der Waals surface area contributed by atoms with E-state index in [-0.39, 0.29) is 11.7 Å². The second-order valence-electron chi connectivity index (χ2n) is 5.63. The first-order chi connectivity index (χ1) is 9.72. The Bertz CT molecular complexity index is 550. The van der Waals surface area contributed by atoms with Crippen molar-refractivity contribution in [1.82, 2.24) is 0 Å². The summed E-state index contributed by atoms with van der Waals surface area (Å²) in [7, 11) is 0. The van der Waals surface area contributed by atoms with Crippen molar-refractivity contribution in [3.8, 4) is 5.75 Å². The van der Waals surface area contributed by atoms with E-state index >= 15 is 0 Å². The van der Waals surface area contributed by atoms with Crippen molar-refractivity contribution in [1.29, 1.82) is 0 Å². The van der Waals surface area contributed by atoms with Gasteiger partial charge in [0.1, 0.15) is 11.9 Å². The number of hydrogen-bond acceptors (Lipinski definition) is 2. The normalized spacial score (nSPS) is 25.2. The van der Waals surface area contributed by atoms with Crippen molar-refractivity contribution in [2.24, 2.45) is 5.92 Å². The summed E-state index contributed by atoms with van der Waals surface area (Å²) in [6, 6.07) is 20.3. The number of para-hydroxylation sites is 1. The predicted molar refractivity (Wildman–Crippen MR) is 79.8 cm³/mol. The topological polar surface area (TPSA) is 18.5 Å². The molecule has 2 nitrogen and oxygen atoms in total. The zero-order valence-electron chi connectivity index (χ0n) is 12.0. The highest BCUT2D eigenvalue weighted by atomic mass is 16.6. The van der Waals surface area contributed by atoms with E-state index in [0.29, 0.717) is 12.5 Å². The molecule has 104 valence electrons. The van der Waals surface area contributed by atoms with Gasteiger partial charge >= 0.3 is 0 Å². The molecule has 1 heterocycles. The van der Waals surface area contributed by atoms with Gasteiger partial charge in [0.15, 0.2) is 5.60 Å². The molecule has 0 bridgehead atoms. The minimum absolute atomic E-state index is 0.00362. The molecule has 2 heteroatoms. The first kappa shape index (κ1) is 13.2. The summed E-state index contributed by atoms with van der Waals surface area (Å²) in [6.07, 6.45) is 0.00362. The molecule has 1 aliphatic heterocycles. The Morgan fingerprint density at radius 2 is 1.60 bits per heavy atom. The third kappa shape index (κ3) is 2.20. The fourth-order valence-electron chi connectivity index (χ4n) is 2.72. The van der Waals surface area contributed by atoms with Crippen LogP contribution in [0.2, 0.25) is 0 Å². The number of benzene rings is 2. The van der Waals surface area contributed by atoms with Crippen LogP contribution in [0, 0.1) is 5.92 Å². The lowest BCUT2D eigenvalue weighted by molar-refractivity contribution is -0.247. The summed E-state index contributed by atoms with van der Waals surface area (Å²) in [6.45, 7) is 5.03. The van der Waals surface area contributed by atoms with Gasteiger partial charge in [-0.15, -0.1) is 0 Å². The maximum absolute atomic E-state index is 6.34. The van der Waals surface area contributed by atoms with Crippen molar-refractivity contribution in [2.75, 3.05) is 6.61 Å². The fourth-order valence-corrected chi connectivity index (χ4v) is 2.72. The van der Waals surface area contributed by atoms with Crippen LogP contribution in [0.25, 0.3) is 0 Å². The standard InChI is InChI=1S/C18H20O2/c1-14(2)18(20-16-11-7-4-8-12-16)13-19-17(18)15-9-5-3-6-10-15/h3-12,14,17H,13H2,1-2H3/t17-,18-/m1/s1. The molecule has 1 saturated heterocycles. The molecule has 0 aromatic heterocycles. The van der Waals surface area contributed by atoms with Crippen molar-refractivity contribution in [3.63, 3.8) is 0 Å². The minimum atomic E-state index is -0.275. The van der Waals surface area contributed by atoms with Gasteiger partial charge in [-0.25, -0.2) is 0 Å². The summed E-state index contributed by atoms with van der Waals surface area (Å²) in [4.78, 5) is 0. The number of rotatable bonds is 4. The molecule has 2 aromatic rings. The van der Waals surface area contributed by atoms with Crippen molar-refractivity contribution in [2.45, 2.75) is 25.6 Å². The lowest BCUT2D eigenvalue weighted by Crippen LogP contribution is -2.60. The Kier molecular flexibility index (Phi) is 3.49. The summed E-state index contributed by atoms with van der Waals surface area (Å²) in [5.74, 6) is 1.28. The first-order valence-electron chi connectivity index (χ1n) is 7.13. The van der Waals surface area contributed by atoms with Crippen LogP contribution in [0.15, 0.2) is 60.7 Å². The van der Waals surface area contributed by atoms with E-state index in [9.17, 15) is 0 Å². The Morgan fingerprint density at radius 1 is 1.00 bits per heavy atom. The van der Waals surface area contributed by atoms with Gasteiger partial charge in [0.2, 0.25) is 0 Å². The SMILES string of the molecule is CC(C)[C@]1(Oc2ccccc2)CO[C@@H]1c1ccccc1. The molecule has 0 unspecified atom stereocenters. The van der Waals surface area contributed by atoms with Crippen LogP contribution in [0.5, 0.6) is 5.75 Å². The molecular formula is C18H20O2. The highest BCUT2D eigenvalue weighted by Gasteiger charge is 2.54. The Morgan fingerprint density at radius 3 is 2.10 bits per heavy atom. The van der Waals surface area contributed by atoms with E-state index in [2.05, 4.69) is 26.0 Å². The van der Waals surface area contributed by atoms with E-state index in [1.165, 1.54) is 5.56 Å². The largest absolute Gasteiger partial charge is 0.481 e. The van der Waals surface area contributed by atoms with E-state index in [1.807, 2.05) is 48.5 Å². The van der Waals surface area contributed by atoms with Gasteiger partial charge in [0.25, 0.3) is 0 Å². The molecule has 0 amide bonds.